The van der Waals surface area contributed by atoms with E-state index < -0.39 is 101 Å². The highest BCUT2D eigenvalue weighted by molar-refractivity contribution is 8.54. The lowest BCUT2D eigenvalue weighted by atomic mass is 10.1. The number of nitrogens with two attached hydrogens (primary N) is 1. The molecule has 7 rings (SSSR count). The summed E-state index contributed by atoms with van der Waals surface area (Å²) in [6, 6.07) is 6.13. The van der Waals surface area contributed by atoms with Gasteiger partial charge in [0.15, 0.2) is 42.0 Å². The van der Waals surface area contributed by atoms with Crippen LogP contribution in [0.15, 0.2) is 49.2 Å². The molecule has 24 heteroatoms. The van der Waals surface area contributed by atoms with Gasteiger partial charge in [-0.25, -0.2) is 32.9 Å². The zero-order valence-corrected chi connectivity index (χ0v) is 29.9. The van der Waals surface area contributed by atoms with Gasteiger partial charge in [-0.1, -0.05) is 12.1 Å². The van der Waals surface area contributed by atoms with Gasteiger partial charge in [-0.3, -0.25) is 41.9 Å². The number of alkyl halides is 2. The second kappa shape index (κ2) is 14.9. The van der Waals surface area contributed by atoms with Crippen LogP contribution < -0.4 is 10.5 Å². The molecular formula is C29H30F2N6O13P2S. The summed E-state index contributed by atoms with van der Waals surface area (Å²) in [5.41, 5.74) is 6.67. The first-order valence-corrected chi connectivity index (χ1v) is 20.4. The van der Waals surface area contributed by atoms with Crippen LogP contribution in [0.1, 0.15) is 25.1 Å². The fourth-order valence-electron chi connectivity index (χ4n) is 5.90. The van der Waals surface area contributed by atoms with Crippen LogP contribution in [0, 0.1) is 0 Å². The molecule has 4 aliphatic heterocycles. The van der Waals surface area contributed by atoms with Crippen molar-refractivity contribution in [2.45, 2.75) is 68.3 Å². The van der Waals surface area contributed by atoms with E-state index in [2.05, 4.69) is 15.0 Å². The summed E-state index contributed by atoms with van der Waals surface area (Å²) in [7, 11) is -5.25. The lowest BCUT2D eigenvalue weighted by Gasteiger charge is -2.31. The van der Waals surface area contributed by atoms with E-state index in [4.69, 9.17) is 38.0 Å². The van der Waals surface area contributed by atoms with Crippen LogP contribution in [0.2, 0.25) is 0 Å². The van der Waals surface area contributed by atoms with Crippen molar-refractivity contribution in [2.75, 3.05) is 18.9 Å². The van der Waals surface area contributed by atoms with Gasteiger partial charge in [-0.2, -0.15) is 0 Å². The van der Waals surface area contributed by atoms with E-state index in [-0.39, 0.29) is 28.5 Å². The molecule has 4 aliphatic rings. The summed E-state index contributed by atoms with van der Waals surface area (Å²) >= 11 is 0.607. The topological polar surface area (TPSA) is 243 Å². The molecule has 0 aliphatic carbocycles. The van der Waals surface area contributed by atoms with Crippen LogP contribution >= 0.6 is 26.0 Å². The second-order valence-electron chi connectivity index (χ2n) is 12.0. The number of phosphoric ester groups is 1. The number of allylic oxidation sites excluding steroid dienone is 1. The number of fused-ring (bicyclic) bond motifs is 5. The van der Waals surface area contributed by atoms with Crippen LogP contribution in [0.4, 0.5) is 14.6 Å². The number of carbonyl (C=O) groups excluding carboxylic acids is 3. The SMILES string of the molecule is CC(=O)Oc1ccc(CSP2(=O)OC[C@H]3O[C@@H](N4C=CC(=O)CC4=O)[C@H](OP(=O)(O)OC[C@H]4O[C@@H](n5cnc6c(N)ncnc65)[C@H](O2)[C@@H]4F)[C@@H]3F)cc1. The standard InChI is InChI=1S/C29H30F2N6O13P2S/c1-14(38)46-17-4-2-15(3-5-17)11-53-52(43)45-10-19-21(30)24(28(47-19)36-7-6-16(39)8-20(36)40)49-51(41,42)44-9-18-22(31)25(50-52)29(48-18)37-13-35-23-26(32)33-12-34-27(23)37/h2-7,12-13,18-19,21-22,24-25,28-29H,8-11H2,1H3,(H,41,42)(H2,32,33,34)/t18-,19-,21-,22-,24-,25-,28-,29-,52?/m1/s1. The number of ketones is 1. The third-order valence-electron chi connectivity index (χ3n) is 8.38. The molecule has 284 valence electrons. The van der Waals surface area contributed by atoms with Gasteiger partial charge < -0.3 is 24.8 Å². The summed E-state index contributed by atoms with van der Waals surface area (Å²) < 4.78 is 100. The van der Waals surface area contributed by atoms with E-state index in [0.29, 0.717) is 16.9 Å². The van der Waals surface area contributed by atoms with Crippen LogP contribution in [0.25, 0.3) is 11.2 Å². The minimum Gasteiger partial charge on any atom is -0.427 e. The molecule has 3 aromatic rings. The number of halogens is 2. The number of carbonyl (C=O) groups is 3. The number of hydrogen-bond donors (Lipinski definition) is 2. The van der Waals surface area contributed by atoms with Crippen LogP contribution in [-0.4, -0.2) is 103 Å². The van der Waals surface area contributed by atoms with E-state index >= 15 is 8.78 Å². The Morgan fingerprint density at radius 2 is 1.70 bits per heavy atom. The zero-order chi connectivity index (χ0) is 37.7. The highest BCUT2D eigenvalue weighted by Crippen LogP contribution is 2.65. The third kappa shape index (κ3) is 7.93. The minimum atomic E-state index is -5.25. The number of rotatable bonds is 6. The van der Waals surface area contributed by atoms with Crippen LogP contribution in [0.3, 0.4) is 0 Å². The molecule has 2 unspecified atom stereocenters. The van der Waals surface area contributed by atoms with E-state index in [1.165, 1.54) is 30.0 Å². The van der Waals surface area contributed by atoms with Crippen molar-refractivity contribution in [1.82, 2.24) is 24.4 Å². The Bertz CT molecular complexity index is 2040. The molecule has 6 heterocycles. The van der Waals surface area contributed by atoms with Crippen LogP contribution in [-0.2, 0) is 56.8 Å². The van der Waals surface area contributed by atoms with Crippen molar-refractivity contribution in [3.63, 3.8) is 0 Å². The maximum atomic E-state index is 16.4. The normalized spacial score (nSPS) is 35.1. The van der Waals surface area contributed by atoms with Gasteiger partial charge in [-0.15, -0.1) is 0 Å². The molecule has 19 nitrogen and oxygen atoms in total. The Labute approximate surface area is 301 Å². The number of hydrogen-bond acceptors (Lipinski definition) is 17. The van der Waals surface area contributed by atoms with Gasteiger partial charge in [0.05, 0.1) is 26.0 Å². The summed E-state index contributed by atoms with van der Waals surface area (Å²) in [4.78, 5) is 59.5. The fourth-order valence-corrected chi connectivity index (χ4v) is 10.2. The fraction of sp³-hybridized carbons (Fsp3) is 0.448. The Kier molecular flexibility index (Phi) is 10.5. The first-order valence-electron chi connectivity index (χ1n) is 15.7. The lowest BCUT2D eigenvalue weighted by Crippen LogP contribution is -2.46. The van der Waals surface area contributed by atoms with Gasteiger partial charge in [0.1, 0.15) is 42.0 Å². The second-order valence-corrected chi connectivity index (χ2v) is 17.5. The maximum Gasteiger partial charge on any atom is 0.472 e. The van der Waals surface area contributed by atoms with E-state index in [0.717, 1.165) is 23.5 Å². The molecule has 3 N–H and O–H groups in total. The Balaban J connectivity index is 1.23. The van der Waals surface area contributed by atoms with Crippen molar-refractivity contribution >= 4 is 60.6 Å². The smallest absolute Gasteiger partial charge is 0.427 e. The number of nitrogens with zero attached hydrogens (tertiary/aromatic N) is 5. The van der Waals surface area contributed by atoms with Crippen molar-refractivity contribution < 1.29 is 69.5 Å². The van der Waals surface area contributed by atoms with E-state index in [9.17, 15) is 28.4 Å². The minimum absolute atomic E-state index is 0.00980. The first-order chi connectivity index (χ1) is 25.2. The van der Waals surface area contributed by atoms with E-state index in [1.54, 1.807) is 12.1 Å². The maximum absolute atomic E-state index is 16.4. The number of imidazole rings is 1. The van der Waals surface area contributed by atoms with Crippen molar-refractivity contribution in [3.05, 3.63) is 54.8 Å². The molecular weight excluding hydrogens is 772 g/mol. The quantitative estimate of drug-likeness (QED) is 0.157. The van der Waals surface area contributed by atoms with Crippen LogP contribution in [0.5, 0.6) is 5.75 Å². The average molecular weight is 803 g/mol. The van der Waals surface area contributed by atoms with Gasteiger partial charge in [-0.05, 0) is 35.2 Å². The number of amides is 1. The summed E-state index contributed by atoms with van der Waals surface area (Å²) in [6.07, 6.45) is -11.1. The highest BCUT2D eigenvalue weighted by atomic mass is 32.7. The molecule has 0 saturated carbocycles. The predicted octanol–water partition coefficient (Wildman–Crippen LogP) is 2.91. The largest absolute Gasteiger partial charge is 0.472 e. The molecule has 1 aromatic carbocycles. The van der Waals surface area contributed by atoms with Gasteiger partial charge >= 0.3 is 20.6 Å². The summed E-state index contributed by atoms with van der Waals surface area (Å²) in [6.45, 7) is -5.17. The van der Waals surface area contributed by atoms with E-state index in [1.807, 2.05) is 0 Å². The number of phosphoric acid groups is 1. The highest BCUT2D eigenvalue weighted by Gasteiger charge is 2.56. The Morgan fingerprint density at radius 1 is 1.02 bits per heavy atom. The molecule has 1 amide bonds. The molecule has 0 radical (unpaired) electrons. The Hall–Kier alpha value is -3.69. The third-order valence-corrected chi connectivity index (χ3v) is 13.0. The van der Waals surface area contributed by atoms with Gasteiger partial charge in [0.2, 0.25) is 5.91 Å². The molecule has 10 atom stereocenters. The number of aromatic nitrogens is 4. The zero-order valence-electron chi connectivity index (χ0n) is 27.3. The molecule has 3 fully saturated rings. The number of anilines is 1. The number of ether oxygens (including phenoxy) is 3. The number of nitrogen functional groups attached to an aromatic ring is 1. The summed E-state index contributed by atoms with van der Waals surface area (Å²) in [5, 5.41) is 0. The lowest BCUT2D eigenvalue weighted by molar-refractivity contribution is -0.148. The predicted molar refractivity (Wildman–Crippen MR) is 176 cm³/mol. The Morgan fingerprint density at radius 3 is 2.40 bits per heavy atom. The van der Waals surface area contributed by atoms with Crippen molar-refractivity contribution in [2.24, 2.45) is 0 Å². The molecule has 53 heavy (non-hydrogen) atoms. The van der Waals surface area contributed by atoms with Crippen molar-refractivity contribution in [3.8, 4) is 5.75 Å². The molecule has 2 aromatic heterocycles. The molecule has 3 saturated heterocycles. The number of benzene rings is 1. The molecule has 4 bridgehead atoms. The van der Waals surface area contributed by atoms with Crippen molar-refractivity contribution in [1.29, 1.82) is 0 Å². The summed E-state index contributed by atoms with van der Waals surface area (Å²) in [5.74, 6) is -1.75. The molecule has 0 spiro atoms. The monoisotopic (exact) mass is 802 g/mol. The van der Waals surface area contributed by atoms with Gasteiger partial charge in [0.25, 0.3) is 0 Å². The average Bonchev–Trinajstić information content (AvgIpc) is 3.76. The first kappa shape index (κ1) is 37.6. The van der Waals surface area contributed by atoms with Gasteiger partial charge in [0, 0.05) is 18.9 Å². The number of esters is 1.